The second kappa shape index (κ2) is 9.02. The zero-order valence-corrected chi connectivity index (χ0v) is 18.8. The zero-order chi connectivity index (χ0) is 22.7. The molecule has 0 spiro atoms. The summed E-state index contributed by atoms with van der Waals surface area (Å²) in [5.74, 6) is 0.0935. The van der Waals surface area contributed by atoms with Crippen molar-refractivity contribution in [1.82, 2.24) is 15.3 Å². The van der Waals surface area contributed by atoms with Gasteiger partial charge in [0, 0.05) is 6.54 Å². The smallest absolute Gasteiger partial charge is 0.264 e. The Morgan fingerprint density at radius 3 is 2.50 bits per heavy atom. The molecule has 0 fully saturated rings. The minimum Gasteiger partial charge on any atom is -0.345 e. The Hall–Kier alpha value is -3.36. The Morgan fingerprint density at radius 2 is 1.78 bits per heavy atom. The highest BCUT2D eigenvalue weighted by Crippen LogP contribution is 2.26. The number of carbonyl (C=O) groups excluding carboxylic acids is 1. The molecule has 164 valence electrons. The van der Waals surface area contributed by atoms with Crippen LogP contribution in [-0.2, 0) is 16.6 Å². The molecular weight excluding hydrogens is 448 g/mol. The predicted molar refractivity (Wildman–Crippen MR) is 125 cm³/mol. The highest BCUT2D eigenvalue weighted by Gasteiger charge is 2.25. The number of fused-ring (bicyclic) bond motifs is 1. The third-order valence-electron chi connectivity index (χ3n) is 4.96. The lowest BCUT2D eigenvalue weighted by Gasteiger charge is -2.23. The number of halogens is 1. The van der Waals surface area contributed by atoms with Gasteiger partial charge in [0.2, 0.25) is 0 Å². The summed E-state index contributed by atoms with van der Waals surface area (Å²) in [6.45, 7) is 2.13. The van der Waals surface area contributed by atoms with Crippen molar-refractivity contribution in [2.45, 2.75) is 18.4 Å². The van der Waals surface area contributed by atoms with E-state index in [4.69, 9.17) is 11.6 Å². The zero-order valence-electron chi connectivity index (χ0n) is 17.2. The summed E-state index contributed by atoms with van der Waals surface area (Å²) < 4.78 is 27.8. The largest absolute Gasteiger partial charge is 0.345 e. The van der Waals surface area contributed by atoms with Crippen molar-refractivity contribution < 1.29 is 13.2 Å². The standard InChI is InChI=1S/C23H21ClN4O3S/c1-2-28(16-8-4-3-5-9-16)32(30,31)17-12-13-19(24)18(14-17)23(29)25-15-22-26-20-10-6-7-11-21(20)27-22/h3-14H,2,15H2,1H3,(H,25,29)(H,26,27). The summed E-state index contributed by atoms with van der Waals surface area (Å²) in [6.07, 6.45) is 0. The molecule has 1 heterocycles. The van der Waals surface area contributed by atoms with E-state index in [0.717, 1.165) is 11.0 Å². The van der Waals surface area contributed by atoms with Gasteiger partial charge in [-0.2, -0.15) is 0 Å². The fraction of sp³-hybridized carbons (Fsp3) is 0.130. The van der Waals surface area contributed by atoms with Crippen molar-refractivity contribution in [3.63, 3.8) is 0 Å². The van der Waals surface area contributed by atoms with Gasteiger partial charge in [-0.3, -0.25) is 9.10 Å². The highest BCUT2D eigenvalue weighted by atomic mass is 35.5. The molecule has 1 aromatic heterocycles. The van der Waals surface area contributed by atoms with E-state index in [2.05, 4.69) is 15.3 Å². The number of hydrogen-bond donors (Lipinski definition) is 2. The number of hydrogen-bond acceptors (Lipinski definition) is 4. The van der Waals surface area contributed by atoms with E-state index >= 15 is 0 Å². The number of carbonyl (C=O) groups is 1. The van der Waals surface area contributed by atoms with Crippen LogP contribution in [0.3, 0.4) is 0 Å². The first kappa shape index (κ1) is 21.9. The molecule has 0 aliphatic carbocycles. The molecule has 1 amide bonds. The van der Waals surface area contributed by atoms with Gasteiger partial charge in [-0.05, 0) is 49.4 Å². The summed E-state index contributed by atoms with van der Waals surface area (Å²) in [6, 6.07) is 20.5. The molecule has 9 heteroatoms. The van der Waals surface area contributed by atoms with E-state index in [9.17, 15) is 13.2 Å². The minimum absolute atomic E-state index is 0.0125. The van der Waals surface area contributed by atoms with Gasteiger partial charge in [0.05, 0.1) is 38.7 Å². The average Bonchev–Trinajstić information content (AvgIpc) is 3.22. The molecule has 0 radical (unpaired) electrons. The number of rotatable bonds is 7. The summed E-state index contributed by atoms with van der Waals surface area (Å²) in [5.41, 5.74) is 2.28. The number of amides is 1. The maximum absolute atomic E-state index is 13.3. The number of nitrogens with one attached hydrogen (secondary N) is 2. The van der Waals surface area contributed by atoms with E-state index < -0.39 is 15.9 Å². The Kier molecular flexibility index (Phi) is 6.16. The first-order valence-corrected chi connectivity index (χ1v) is 11.8. The molecule has 0 aliphatic heterocycles. The summed E-state index contributed by atoms with van der Waals surface area (Å²) in [4.78, 5) is 20.3. The molecule has 0 aliphatic rings. The quantitative estimate of drug-likeness (QED) is 0.421. The van der Waals surface area contributed by atoms with Crippen LogP contribution in [-0.4, -0.2) is 30.8 Å². The van der Waals surface area contributed by atoms with Gasteiger partial charge in [-0.15, -0.1) is 0 Å². The van der Waals surface area contributed by atoms with E-state index in [1.807, 2.05) is 30.3 Å². The molecule has 2 N–H and O–H groups in total. The maximum Gasteiger partial charge on any atom is 0.264 e. The Morgan fingerprint density at radius 1 is 1.06 bits per heavy atom. The summed E-state index contributed by atoms with van der Waals surface area (Å²) in [7, 11) is -3.89. The number of aromatic nitrogens is 2. The van der Waals surface area contributed by atoms with Gasteiger partial charge in [0.1, 0.15) is 5.82 Å². The number of imidazole rings is 1. The number of anilines is 1. The van der Waals surface area contributed by atoms with Crippen LogP contribution in [0.5, 0.6) is 0 Å². The average molecular weight is 469 g/mol. The third-order valence-corrected chi connectivity index (χ3v) is 7.19. The first-order valence-electron chi connectivity index (χ1n) is 9.99. The maximum atomic E-state index is 13.3. The number of para-hydroxylation sites is 3. The van der Waals surface area contributed by atoms with Gasteiger partial charge in [-0.25, -0.2) is 13.4 Å². The van der Waals surface area contributed by atoms with Gasteiger partial charge < -0.3 is 10.3 Å². The lowest BCUT2D eigenvalue weighted by atomic mass is 10.2. The molecule has 0 bridgehead atoms. The second-order valence-electron chi connectivity index (χ2n) is 7.03. The van der Waals surface area contributed by atoms with Crippen LogP contribution in [0.15, 0.2) is 77.7 Å². The fourth-order valence-electron chi connectivity index (χ4n) is 3.40. The number of benzene rings is 3. The van der Waals surface area contributed by atoms with Gasteiger partial charge in [0.15, 0.2) is 0 Å². The van der Waals surface area contributed by atoms with Crippen LogP contribution in [0.1, 0.15) is 23.1 Å². The van der Waals surface area contributed by atoms with Crippen LogP contribution in [0.2, 0.25) is 5.02 Å². The van der Waals surface area contributed by atoms with Crippen molar-refractivity contribution >= 4 is 44.3 Å². The Labute approximate surface area is 191 Å². The van der Waals surface area contributed by atoms with E-state index in [0.29, 0.717) is 11.5 Å². The molecule has 32 heavy (non-hydrogen) atoms. The molecular formula is C23H21ClN4O3S. The summed E-state index contributed by atoms with van der Waals surface area (Å²) in [5, 5.41) is 2.91. The van der Waals surface area contributed by atoms with E-state index in [1.54, 1.807) is 31.2 Å². The van der Waals surface area contributed by atoms with Crippen molar-refractivity contribution in [3.05, 3.63) is 89.2 Å². The van der Waals surface area contributed by atoms with E-state index in [-0.39, 0.29) is 28.6 Å². The van der Waals surface area contributed by atoms with Crippen molar-refractivity contribution in [3.8, 4) is 0 Å². The molecule has 4 aromatic rings. The van der Waals surface area contributed by atoms with Crippen LogP contribution in [0, 0.1) is 0 Å². The number of H-pyrrole nitrogens is 1. The van der Waals surface area contributed by atoms with Gasteiger partial charge in [0.25, 0.3) is 15.9 Å². The minimum atomic E-state index is -3.89. The topological polar surface area (TPSA) is 95.2 Å². The lowest BCUT2D eigenvalue weighted by molar-refractivity contribution is 0.0950. The van der Waals surface area contributed by atoms with Crippen LogP contribution in [0.25, 0.3) is 11.0 Å². The van der Waals surface area contributed by atoms with Crippen LogP contribution < -0.4 is 9.62 Å². The van der Waals surface area contributed by atoms with Gasteiger partial charge >= 0.3 is 0 Å². The molecule has 3 aromatic carbocycles. The highest BCUT2D eigenvalue weighted by molar-refractivity contribution is 7.92. The van der Waals surface area contributed by atoms with Crippen molar-refractivity contribution in [2.24, 2.45) is 0 Å². The normalized spacial score (nSPS) is 11.4. The van der Waals surface area contributed by atoms with Crippen molar-refractivity contribution in [1.29, 1.82) is 0 Å². The molecule has 7 nitrogen and oxygen atoms in total. The number of nitrogens with zero attached hydrogens (tertiary/aromatic N) is 2. The second-order valence-corrected chi connectivity index (χ2v) is 9.30. The molecule has 0 saturated heterocycles. The predicted octanol–water partition coefficient (Wildman–Crippen LogP) is 4.36. The summed E-state index contributed by atoms with van der Waals surface area (Å²) >= 11 is 6.22. The fourth-order valence-corrected chi connectivity index (χ4v) is 5.10. The molecule has 0 atom stereocenters. The number of aromatic amines is 1. The first-order chi connectivity index (χ1) is 15.4. The molecule has 4 rings (SSSR count). The Balaban J connectivity index is 1.58. The Bertz CT molecular complexity index is 1340. The lowest BCUT2D eigenvalue weighted by Crippen LogP contribution is -2.31. The number of sulfonamides is 1. The van der Waals surface area contributed by atoms with Crippen LogP contribution in [0.4, 0.5) is 5.69 Å². The monoisotopic (exact) mass is 468 g/mol. The molecule has 0 saturated carbocycles. The van der Waals surface area contributed by atoms with E-state index in [1.165, 1.54) is 22.5 Å². The van der Waals surface area contributed by atoms with Crippen molar-refractivity contribution in [2.75, 3.05) is 10.8 Å². The SMILES string of the molecule is CCN(c1ccccc1)S(=O)(=O)c1ccc(Cl)c(C(=O)NCc2nc3ccccc3[nH]2)c1. The molecule has 0 unspecified atom stereocenters. The van der Waals surface area contributed by atoms with Gasteiger partial charge in [-0.1, -0.05) is 41.9 Å². The van der Waals surface area contributed by atoms with Crippen LogP contribution >= 0.6 is 11.6 Å². The third kappa shape index (κ3) is 4.32.